The van der Waals surface area contributed by atoms with Gasteiger partial charge in [0.05, 0.1) is 6.54 Å². The lowest BCUT2D eigenvalue weighted by Gasteiger charge is -2.31. The number of amides is 3. The van der Waals surface area contributed by atoms with Crippen LogP contribution in [0.15, 0.2) is 66.7 Å². The average molecular weight is 391 g/mol. The van der Waals surface area contributed by atoms with Gasteiger partial charge in [-0.1, -0.05) is 48.5 Å². The third-order valence-electron chi connectivity index (χ3n) is 4.84. The van der Waals surface area contributed by atoms with E-state index >= 15 is 0 Å². The number of carbonyl (C=O) groups is 3. The maximum Gasteiger partial charge on any atom is 0.251 e. The molecule has 2 aromatic carbocycles. The van der Waals surface area contributed by atoms with E-state index in [1.807, 2.05) is 42.5 Å². The number of rotatable bonds is 6. The first-order valence-corrected chi connectivity index (χ1v) is 9.76. The van der Waals surface area contributed by atoms with Gasteiger partial charge in [0.1, 0.15) is 0 Å². The van der Waals surface area contributed by atoms with E-state index in [4.69, 9.17) is 0 Å². The summed E-state index contributed by atoms with van der Waals surface area (Å²) in [6, 6.07) is 18.5. The Hall–Kier alpha value is -3.41. The molecular formula is C23H25N3O3. The molecule has 0 atom stereocenters. The van der Waals surface area contributed by atoms with Crippen LogP contribution in [-0.4, -0.2) is 48.3 Å². The van der Waals surface area contributed by atoms with Crippen molar-refractivity contribution < 1.29 is 14.4 Å². The van der Waals surface area contributed by atoms with Crippen LogP contribution >= 0.6 is 0 Å². The zero-order valence-corrected chi connectivity index (χ0v) is 16.2. The zero-order valence-electron chi connectivity index (χ0n) is 16.2. The number of hydrogen-bond acceptors (Lipinski definition) is 3. The van der Waals surface area contributed by atoms with E-state index < -0.39 is 0 Å². The SMILES string of the molecule is O=C(CNC(=O)c1ccccc1)NC1CCN(C(=O)/C=C/c2ccccc2)CC1. The molecule has 6 nitrogen and oxygen atoms in total. The Kier molecular flexibility index (Phi) is 7.16. The van der Waals surface area contributed by atoms with Crippen LogP contribution in [0.3, 0.4) is 0 Å². The minimum Gasteiger partial charge on any atom is -0.352 e. The lowest BCUT2D eigenvalue weighted by Crippen LogP contribution is -2.48. The lowest BCUT2D eigenvalue weighted by molar-refractivity contribution is -0.127. The van der Waals surface area contributed by atoms with Crippen LogP contribution in [0.25, 0.3) is 6.08 Å². The average Bonchev–Trinajstić information content (AvgIpc) is 2.77. The molecule has 29 heavy (non-hydrogen) atoms. The van der Waals surface area contributed by atoms with E-state index in [0.29, 0.717) is 31.5 Å². The van der Waals surface area contributed by atoms with Crippen LogP contribution in [0, 0.1) is 0 Å². The topological polar surface area (TPSA) is 78.5 Å². The van der Waals surface area contributed by atoms with Crippen molar-refractivity contribution in [3.63, 3.8) is 0 Å². The van der Waals surface area contributed by atoms with Gasteiger partial charge in [-0.15, -0.1) is 0 Å². The van der Waals surface area contributed by atoms with Crippen molar-refractivity contribution >= 4 is 23.8 Å². The minimum absolute atomic E-state index is 0.0123. The Morgan fingerprint density at radius 2 is 1.55 bits per heavy atom. The molecule has 2 aromatic rings. The molecule has 1 fully saturated rings. The molecule has 150 valence electrons. The molecule has 0 spiro atoms. The standard InChI is InChI=1S/C23H25N3O3/c27-21(17-24-23(29)19-9-5-2-6-10-19)25-20-13-15-26(16-14-20)22(28)12-11-18-7-3-1-4-8-18/h1-12,20H,13-17H2,(H,24,29)(H,25,27)/b12-11+. The molecule has 0 radical (unpaired) electrons. The summed E-state index contributed by atoms with van der Waals surface area (Å²) in [5.74, 6) is -0.511. The third kappa shape index (κ3) is 6.31. The quantitative estimate of drug-likeness (QED) is 0.742. The smallest absolute Gasteiger partial charge is 0.251 e. The van der Waals surface area contributed by atoms with Crippen molar-refractivity contribution in [1.29, 1.82) is 0 Å². The summed E-state index contributed by atoms with van der Waals surface area (Å²) in [5.41, 5.74) is 1.51. The van der Waals surface area contributed by atoms with Crippen molar-refractivity contribution in [2.45, 2.75) is 18.9 Å². The van der Waals surface area contributed by atoms with Gasteiger partial charge in [-0.05, 0) is 36.6 Å². The number of nitrogens with zero attached hydrogens (tertiary/aromatic N) is 1. The maximum absolute atomic E-state index is 12.3. The summed E-state index contributed by atoms with van der Waals surface area (Å²) < 4.78 is 0. The van der Waals surface area contributed by atoms with Gasteiger partial charge in [0.2, 0.25) is 11.8 Å². The Bertz CT molecular complexity index is 857. The van der Waals surface area contributed by atoms with Crippen molar-refractivity contribution in [3.05, 3.63) is 77.9 Å². The summed E-state index contributed by atoms with van der Waals surface area (Å²) in [6.45, 7) is 1.13. The van der Waals surface area contributed by atoms with E-state index in [1.54, 1.807) is 35.2 Å². The number of piperidine rings is 1. The number of hydrogen-bond donors (Lipinski definition) is 2. The second kappa shape index (κ2) is 10.2. The molecule has 0 aromatic heterocycles. The minimum atomic E-state index is -0.272. The maximum atomic E-state index is 12.3. The molecule has 1 aliphatic heterocycles. The van der Waals surface area contributed by atoms with Crippen molar-refractivity contribution in [2.24, 2.45) is 0 Å². The molecule has 3 amide bonds. The highest BCUT2D eigenvalue weighted by molar-refractivity contribution is 5.96. The Morgan fingerprint density at radius 3 is 2.21 bits per heavy atom. The van der Waals surface area contributed by atoms with E-state index in [-0.39, 0.29) is 30.3 Å². The molecule has 1 heterocycles. The molecule has 0 saturated carbocycles. The highest BCUT2D eigenvalue weighted by Gasteiger charge is 2.22. The van der Waals surface area contributed by atoms with Gasteiger partial charge in [-0.3, -0.25) is 14.4 Å². The van der Waals surface area contributed by atoms with E-state index in [1.165, 1.54) is 0 Å². The van der Waals surface area contributed by atoms with Crippen molar-refractivity contribution in [3.8, 4) is 0 Å². The molecule has 1 aliphatic rings. The van der Waals surface area contributed by atoms with Gasteiger partial charge in [-0.2, -0.15) is 0 Å². The van der Waals surface area contributed by atoms with Crippen LogP contribution < -0.4 is 10.6 Å². The van der Waals surface area contributed by atoms with Crippen molar-refractivity contribution in [2.75, 3.05) is 19.6 Å². The molecule has 1 saturated heterocycles. The predicted octanol–water partition coefficient (Wildman–Crippen LogP) is 2.24. The Morgan fingerprint density at radius 1 is 0.931 bits per heavy atom. The van der Waals surface area contributed by atoms with Crippen LogP contribution in [0.1, 0.15) is 28.8 Å². The molecule has 0 aliphatic carbocycles. The third-order valence-corrected chi connectivity index (χ3v) is 4.84. The van der Waals surface area contributed by atoms with E-state index in [2.05, 4.69) is 10.6 Å². The fourth-order valence-electron chi connectivity index (χ4n) is 3.21. The number of nitrogens with one attached hydrogen (secondary N) is 2. The van der Waals surface area contributed by atoms with Gasteiger partial charge in [0, 0.05) is 30.8 Å². The van der Waals surface area contributed by atoms with Crippen molar-refractivity contribution in [1.82, 2.24) is 15.5 Å². The summed E-state index contributed by atoms with van der Waals surface area (Å²) in [7, 11) is 0. The fraction of sp³-hybridized carbons (Fsp3) is 0.261. The molecule has 2 N–H and O–H groups in total. The molecule has 3 rings (SSSR count). The van der Waals surface area contributed by atoms with Gasteiger partial charge >= 0.3 is 0 Å². The highest BCUT2D eigenvalue weighted by Crippen LogP contribution is 2.11. The first kappa shape index (κ1) is 20.3. The second-order valence-corrected chi connectivity index (χ2v) is 6.96. The summed E-state index contributed by atoms with van der Waals surface area (Å²) >= 11 is 0. The zero-order chi connectivity index (χ0) is 20.5. The van der Waals surface area contributed by atoms with E-state index in [9.17, 15) is 14.4 Å². The second-order valence-electron chi connectivity index (χ2n) is 6.96. The Labute approximate surface area is 170 Å². The fourth-order valence-corrected chi connectivity index (χ4v) is 3.21. The monoisotopic (exact) mass is 391 g/mol. The largest absolute Gasteiger partial charge is 0.352 e. The summed E-state index contributed by atoms with van der Waals surface area (Å²) in [6.07, 6.45) is 4.80. The Balaban J connectivity index is 1.38. The van der Waals surface area contributed by atoms with Gasteiger partial charge in [0.25, 0.3) is 5.91 Å². The molecular weight excluding hydrogens is 366 g/mol. The van der Waals surface area contributed by atoms with Crippen LogP contribution in [0.5, 0.6) is 0 Å². The number of likely N-dealkylation sites (tertiary alicyclic amines) is 1. The van der Waals surface area contributed by atoms with Crippen LogP contribution in [-0.2, 0) is 9.59 Å². The van der Waals surface area contributed by atoms with E-state index in [0.717, 1.165) is 5.56 Å². The predicted molar refractivity (Wildman–Crippen MR) is 112 cm³/mol. The van der Waals surface area contributed by atoms with Gasteiger partial charge < -0.3 is 15.5 Å². The highest BCUT2D eigenvalue weighted by atomic mass is 16.2. The van der Waals surface area contributed by atoms with Crippen LogP contribution in [0.2, 0.25) is 0 Å². The van der Waals surface area contributed by atoms with Gasteiger partial charge in [0.15, 0.2) is 0 Å². The van der Waals surface area contributed by atoms with Gasteiger partial charge in [-0.25, -0.2) is 0 Å². The summed E-state index contributed by atoms with van der Waals surface area (Å²) in [4.78, 5) is 38.2. The number of benzene rings is 2. The molecule has 0 bridgehead atoms. The first-order chi connectivity index (χ1) is 14.1. The lowest BCUT2D eigenvalue weighted by atomic mass is 10.0. The molecule has 0 unspecified atom stereocenters. The summed E-state index contributed by atoms with van der Waals surface area (Å²) in [5, 5.41) is 5.56. The van der Waals surface area contributed by atoms with Crippen LogP contribution in [0.4, 0.5) is 0 Å². The number of carbonyl (C=O) groups excluding carboxylic acids is 3. The normalized spacial score (nSPS) is 14.6. The molecule has 6 heteroatoms. The first-order valence-electron chi connectivity index (χ1n) is 9.76.